The van der Waals surface area contributed by atoms with Gasteiger partial charge in [-0.15, -0.1) is 23.2 Å². The zero-order valence-corrected chi connectivity index (χ0v) is 27.3. The quantitative estimate of drug-likeness (QED) is 0.114. The van der Waals surface area contributed by atoms with Crippen molar-refractivity contribution < 1.29 is 23.7 Å². The van der Waals surface area contributed by atoms with Crippen LogP contribution in [0.4, 0.5) is 0 Å². The lowest BCUT2D eigenvalue weighted by atomic mass is 10.1. The van der Waals surface area contributed by atoms with Gasteiger partial charge in [-0.2, -0.15) is 0 Å². The number of methoxy groups -OCH3 is 2. The van der Waals surface area contributed by atoms with Crippen molar-refractivity contribution in [2.75, 3.05) is 39.2 Å². The van der Waals surface area contributed by atoms with Gasteiger partial charge in [-0.1, -0.05) is 11.6 Å². The third-order valence-electron chi connectivity index (χ3n) is 6.92. The van der Waals surface area contributed by atoms with E-state index in [-0.39, 0.29) is 0 Å². The first-order valence-electron chi connectivity index (χ1n) is 13.8. The van der Waals surface area contributed by atoms with Gasteiger partial charge in [0.2, 0.25) is 5.88 Å². The molecule has 3 aromatic carbocycles. The highest BCUT2D eigenvalue weighted by Gasteiger charge is 2.14. The minimum atomic E-state index is 0.382. The SMILES string of the molecule is COc1cc2c(Cl)ncnc2cc1OCCCl.COc1cc2c(Oc3ccc4[nH]c(C)c(C)c4c3)ncnc2cc1OCCCl. The maximum absolute atomic E-state index is 6.10. The summed E-state index contributed by atoms with van der Waals surface area (Å²) in [6, 6.07) is 13.1. The van der Waals surface area contributed by atoms with E-state index in [1.54, 1.807) is 32.4 Å². The second-order valence-corrected chi connectivity index (χ2v) is 10.8. The largest absolute Gasteiger partial charge is 0.493 e. The average molecular weight is 671 g/mol. The van der Waals surface area contributed by atoms with Crippen LogP contribution in [0.2, 0.25) is 5.15 Å². The van der Waals surface area contributed by atoms with E-state index in [2.05, 4.69) is 38.8 Å². The Morgan fingerprint density at radius 1 is 0.689 bits per heavy atom. The number of aromatic nitrogens is 5. The third kappa shape index (κ3) is 7.19. The first-order chi connectivity index (χ1) is 21.9. The Morgan fingerprint density at radius 2 is 1.29 bits per heavy atom. The molecule has 6 aromatic rings. The normalized spacial score (nSPS) is 10.9. The highest BCUT2D eigenvalue weighted by molar-refractivity contribution is 6.34. The molecule has 0 aliphatic rings. The van der Waals surface area contributed by atoms with Crippen LogP contribution in [0.15, 0.2) is 55.1 Å². The van der Waals surface area contributed by atoms with Gasteiger partial charge in [0.05, 0.1) is 42.4 Å². The lowest BCUT2D eigenvalue weighted by molar-refractivity contribution is 0.313. The van der Waals surface area contributed by atoms with Crippen LogP contribution >= 0.6 is 34.8 Å². The number of benzene rings is 3. The molecule has 45 heavy (non-hydrogen) atoms. The molecule has 234 valence electrons. The van der Waals surface area contributed by atoms with Gasteiger partial charge < -0.3 is 28.7 Å². The van der Waals surface area contributed by atoms with Crippen molar-refractivity contribution in [3.63, 3.8) is 0 Å². The fourth-order valence-corrected chi connectivity index (χ4v) is 4.96. The van der Waals surface area contributed by atoms with Crippen molar-refractivity contribution in [1.29, 1.82) is 0 Å². The van der Waals surface area contributed by atoms with E-state index in [1.807, 2.05) is 24.3 Å². The fourth-order valence-electron chi connectivity index (χ4n) is 4.61. The third-order valence-corrected chi connectivity index (χ3v) is 7.53. The van der Waals surface area contributed by atoms with Crippen LogP contribution in [0.5, 0.6) is 34.6 Å². The zero-order chi connectivity index (χ0) is 31.9. The number of nitrogens with zero attached hydrogens (tertiary/aromatic N) is 4. The number of hydrogen-bond acceptors (Lipinski definition) is 9. The number of nitrogens with one attached hydrogen (secondary N) is 1. The average Bonchev–Trinajstić information content (AvgIpc) is 3.34. The lowest BCUT2D eigenvalue weighted by Crippen LogP contribution is -2.01. The molecule has 10 nitrogen and oxygen atoms in total. The molecule has 6 rings (SSSR count). The monoisotopic (exact) mass is 669 g/mol. The van der Waals surface area contributed by atoms with E-state index in [0.717, 1.165) is 27.4 Å². The van der Waals surface area contributed by atoms with E-state index in [9.17, 15) is 0 Å². The van der Waals surface area contributed by atoms with Crippen molar-refractivity contribution in [1.82, 2.24) is 24.9 Å². The minimum absolute atomic E-state index is 0.382. The number of H-pyrrole nitrogens is 1. The molecule has 1 N–H and O–H groups in total. The molecular weight excluding hydrogens is 641 g/mol. The molecule has 0 amide bonds. The van der Waals surface area contributed by atoms with Crippen LogP contribution in [0, 0.1) is 13.8 Å². The summed E-state index contributed by atoms with van der Waals surface area (Å²) in [6.07, 6.45) is 2.88. The number of hydrogen-bond donors (Lipinski definition) is 1. The van der Waals surface area contributed by atoms with Gasteiger partial charge in [0.25, 0.3) is 0 Å². The van der Waals surface area contributed by atoms with Crippen LogP contribution < -0.4 is 23.7 Å². The summed E-state index contributed by atoms with van der Waals surface area (Å²) in [7, 11) is 3.15. The molecule has 0 unspecified atom stereocenters. The Balaban J connectivity index is 0.000000201. The smallest absolute Gasteiger partial charge is 0.230 e. The lowest BCUT2D eigenvalue weighted by Gasteiger charge is -2.13. The van der Waals surface area contributed by atoms with Gasteiger partial charge in [-0.3, -0.25) is 0 Å². The number of fused-ring (bicyclic) bond motifs is 3. The van der Waals surface area contributed by atoms with Gasteiger partial charge in [0, 0.05) is 34.1 Å². The molecule has 0 radical (unpaired) electrons. The molecule has 0 spiro atoms. The van der Waals surface area contributed by atoms with Gasteiger partial charge in [-0.05, 0) is 49.7 Å². The molecule has 0 bridgehead atoms. The van der Waals surface area contributed by atoms with Crippen LogP contribution in [-0.4, -0.2) is 64.1 Å². The molecule has 0 saturated carbocycles. The van der Waals surface area contributed by atoms with E-state index < -0.39 is 0 Å². The first-order valence-corrected chi connectivity index (χ1v) is 15.3. The summed E-state index contributed by atoms with van der Waals surface area (Å²) in [5.74, 6) is 4.29. The second kappa shape index (κ2) is 14.7. The van der Waals surface area contributed by atoms with Gasteiger partial charge in [0.15, 0.2) is 23.0 Å². The van der Waals surface area contributed by atoms with Crippen molar-refractivity contribution >= 4 is 67.5 Å². The van der Waals surface area contributed by atoms with Crippen molar-refractivity contribution in [2.45, 2.75) is 13.8 Å². The number of aryl methyl sites for hydroxylation is 2. The molecular formula is C32H30Cl3N5O5. The maximum Gasteiger partial charge on any atom is 0.230 e. The van der Waals surface area contributed by atoms with Gasteiger partial charge >= 0.3 is 0 Å². The maximum atomic E-state index is 6.10. The molecule has 0 aliphatic heterocycles. The second-order valence-electron chi connectivity index (χ2n) is 9.64. The molecule has 0 aliphatic carbocycles. The Labute approximate surface area is 274 Å². The summed E-state index contributed by atoms with van der Waals surface area (Å²) < 4.78 is 27.9. The van der Waals surface area contributed by atoms with Crippen LogP contribution in [0.25, 0.3) is 32.7 Å². The van der Waals surface area contributed by atoms with E-state index in [4.69, 9.17) is 58.5 Å². The van der Waals surface area contributed by atoms with E-state index >= 15 is 0 Å². The zero-order valence-electron chi connectivity index (χ0n) is 25.0. The van der Waals surface area contributed by atoms with Crippen molar-refractivity contribution in [3.05, 3.63) is 71.5 Å². The predicted octanol–water partition coefficient (Wildman–Crippen LogP) is 8.06. The number of rotatable bonds is 10. The van der Waals surface area contributed by atoms with Gasteiger partial charge in [0.1, 0.15) is 36.8 Å². The van der Waals surface area contributed by atoms with Crippen molar-refractivity contribution in [3.8, 4) is 34.6 Å². The molecule has 13 heteroatoms. The Bertz CT molecular complexity index is 1950. The molecule has 0 atom stereocenters. The molecule has 3 aromatic heterocycles. The topological polar surface area (TPSA) is 114 Å². The standard InChI is InChI=1S/C21H20ClN3O3.C11H10Cl2N2O2/c1-12-13(2)25-17-5-4-14(8-15(12)17)28-21-16-9-19(26-3)20(27-7-6-22)10-18(16)23-11-24-21;1-16-9-4-7-8(14-6-15-11(7)13)5-10(9)17-3-2-12/h4-5,8-11,25H,6-7H2,1-3H3;4-6H,2-3H2,1H3. The predicted molar refractivity (Wildman–Crippen MR) is 177 cm³/mol. The summed E-state index contributed by atoms with van der Waals surface area (Å²) in [5, 5.41) is 2.98. The minimum Gasteiger partial charge on any atom is -0.493 e. The Kier molecular flexibility index (Phi) is 10.5. The Morgan fingerprint density at radius 3 is 1.91 bits per heavy atom. The summed E-state index contributed by atoms with van der Waals surface area (Å²) in [4.78, 5) is 20.0. The molecule has 3 heterocycles. The Hall–Kier alpha value is -4.25. The highest BCUT2D eigenvalue weighted by atomic mass is 35.5. The van der Waals surface area contributed by atoms with E-state index in [1.165, 1.54) is 18.2 Å². The van der Waals surface area contributed by atoms with Crippen LogP contribution in [0.1, 0.15) is 11.3 Å². The van der Waals surface area contributed by atoms with Gasteiger partial charge in [-0.25, -0.2) is 19.9 Å². The number of alkyl halides is 2. The van der Waals surface area contributed by atoms with E-state index in [0.29, 0.717) is 75.8 Å². The highest BCUT2D eigenvalue weighted by Crippen LogP contribution is 2.37. The summed E-state index contributed by atoms with van der Waals surface area (Å²) in [6.45, 7) is 4.94. The van der Waals surface area contributed by atoms with Crippen molar-refractivity contribution in [2.24, 2.45) is 0 Å². The number of aromatic amines is 1. The van der Waals surface area contributed by atoms with Crippen LogP contribution in [-0.2, 0) is 0 Å². The van der Waals surface area contributed by atoms with Crippen LogP contribution in [0.3, 0.4) is 0 Å². The summed E-state index contributed by atoms with van der Waals surface area (Å²) in [5.41, 5.74) is 4.84. The fraction of sp³-hybridized carbons (Fsp3) is 0.250. The number of ether oxygens (including phenoxy) is 5. The number of halogens is 3. The molecule has 0 fully saturated rings. The first kappa shape index (κ1) is 32.2. The summed E-state index contributed by atoms with van der Waals surface area (Å²) >= 11 is 17.3. The molecule has 0 saturated heterocycles.